The molecule has 0 heterocycles. The molecule has 1 aliphatic rings. The second-order valence-corrected chi connectivity index (χ2v) is 5.22. The van der Waals surface area contributed by atoms with Gasteiger partial charge in [0.15, 0.2) is 0 Å². The van der Waals surface area contributed by atoms with Gasteiger partial charge in [0.05, 0.1) is 0 Å². The lowest BCUT2D eigenvalue weighted by atomic mass is 10.1. The third-order valence-corrected chi connectivity index (χ3v) is 4.14. The zero-order valence-electron chi connectivity index (χ0n) is 7.45. The lowest BCUT2D eigenvalue weighted by Crippen LogP contribution is -2.24. The topological polar surface area (TPSA) is 29.1 Å². The number of halogens is 2. The first kappa shape index (κ1) is 10.1. The van der Waals surface area contributed by atoms with Crippen molar-refractivity contribution in [2.75, 3.05) is 6.54 Å². The quantitative estimate of drug-likeness (QED) is 0.693. The average Bonchev–Trinajstić information content (AvgIpc) is 2.21. The van der Waals surface area contributed by atoms with E-state index in [1.54, 1.807) is 0 Å². The molecule has 1 aliphatic carbocycles. The van der Waals surface area contributed by atoms with Crippen LogP contribution in [0.5, 0.6) is 0 Å². The number of hydrogen-bond acceptors (Lipinski definition) is 1. The van der Waals surface area contributed by atoms with Crippen LogP contribution in [-0.4, -0.2) is 16.8 Å². The molecular weight excluding hydrogens is 197 g/mol. The Morgan fingerprint density at radius 2 is 1.92 bits per heavy atom. The molecule has 0 aromatic carbocycles. The minimum atomic E-state index is -0.671. The Kier molecular flexibility index (Phi) is 2.34. The maximum Gasteiger partial charge on any atom is 0.216 e. The second-order valence-electron chi connectivity index (χ2n) is 3.83. The highest BCUT2D eigenvalue weighted by Crippen LogP contribution is 2.68. The Balaban J connectivity index is 2.44. The van der Waals surface area contributed by atoms with Gasteiger partial charge in [-0.15, -0.1) is 23.2 Å². The fraction of sp³-hybridized carbons (Fsp3) is 0.875. The molecule has 0 aliphatic heterocycles. The first-order valence-corrected chi connectivity index (χ1v) is 4.68. The molecule has 0 bridgehead atoms. The molecule has 1 atom stereocenters. The summed E-state index contributed by atoms with van der Waals surface area (Å²) in [6, 6.07) is 0. The smallest absolute Gasteiger partial charge is 0.216 e. The summed E-state index contributed by atoms with van der Waals surface area (Å²) < 4.78 is -0.671. The fourth-order valence-corrected chi connectivity index (χ4v) is 2.24. The van der Waals surface area contributed by atoms with E-state index in [0.717, 1.165) is 0 Å². The van der Waals surface area contributed by atoms with Crippen molar-refractivity contribution in [3.8, 4) is 0 Å². The van der Waals surface area contributed by atoms with Gasteiger partial charge in [-0.3, -0.25) is 4.79 Å². The van der Waals surface area contributed by atoms with E-state index in [1.807, 2.05) is 13.8 Å². The van der Waals surface area contributed by atoms with Crippen molar-refractivity contribution in [2.45, 2.75) is 25.1 Å². The van der Waals surface area contributed by atoms with Gasteiger partial charge in [0.2, 0.25) is 5.91 Å². The van der Waals surface area contributed by atoms with Gasteiger partial charge in [-0.25, -0.2) is 0 Å². The van der Waals surface area contributed by atoms with Gasteiger partial charge >= 0.3 is 0 Å². The maximum atomic E-state index is 10.6. The van der Waals surface area contributed by atoms with Crippen molar-refractivity contribution in [3.63, 3.8) is 0 Å². The number of nitrogens with one attached hydrogen (secondary N) is 1. The fourth-order valence-electron chi connectivity index (χ4n) is 1.39. The lowest BCUT2D eigenvalue weighted by Gasteiger charge is -2.01. The molecule has 0 radical (unpaired) electrons. The van der Waals surface area contributed by atoms with Gasteiger partial charge in [-0.05, 0) is 0 Å². The van der Waals surface area contributed by atoms with Crippen LogP contribution >= 0.6 is 23.2 Å². The van der Waals surface area contributed by atoms with E-state index >= 15 is 0 Å². The number of amides is 1. The molecule has 4 heteroatoms. The van der Waals surface area contributed by atoms with Gasteiger partial charge in [-0.1, -0.05) is 13.8 Å². The van der Waals surface area contributed by atoms with Crippen LogP contribution in [0.15, 0.2) is 0 Å². The minimum Gasteiger partial charge on any atom is -0.356 e. The number of carbonyl (C=O) groups excluding carboxylic acids is 1. The Morgan fingerprint density at radius 1 is 1.50 bits per heavy atom. The summed E-state index contributed by atoms with van der Waals surface area (Å²) in [5, 5.41) is 2.71. The maximum absolute atomic E-state index is 10.6. The molecule has 1 fully saturated rings. The first-order chi connectivity index (χ1) is 5.30. The molecule has 1 unspecified atom stereocenters. The number of hydrogen-bond donors (Lipinski definition) is 1. The molecule has 0 aromatic heterocycles. The molecular formula is C8H13Cl2NO. The van der Waals surface area contributed by atoms with E-state index in [2.05, 4.69) is 5.32 Å². The SMILES string of the molecule is CC(=O)NCC1C(C)(C)C1(Cl)Cl. The highest BCUT2D eigenvalue weighted by atomic mass is 35.5. The van der Waals surface area contributed by atoms with Gasteiger partial charge in [0.25, 0.3) is 0 Å². The standard InChI is InChI=1S/C8H13Cl2NO/c1-5(12)11-4-6-7(2,3)8(6,9)10/h6H,4H2,1-3H3,(H,11,12). The average molecular weight is 210 g/mol. The Morgan fingerprint density at radius 3 is 2.17 bits per heavy atom. The zero-order valence-corrected chi connectivity index (χ0v) is 8.96. The third kappa shape index (κ3) is 1.42. The summed E-state index contributed by atoms with van der Waals surface area (Å²) in [4.78, 5) is 10.6. The summed E-state index contributed by atoms with van der Waals surface area (Å²) in [6.07, 6.45) is 0. The lowest BCUT2D eigenvalue weighted by molar-refractivity contribution is -0.119. The molecule has 1 saturated carbocycles. The van der Waals surface area contributed by atoms with Crippen LogP contribution in [0.1, 0.15) is 20.8 Å². The third-order valence-electron chi connectivity index (χ3n) is 2.64. The van der Waals surface area contributed by atoms with E-state index in [-0.39, 0.29) is 17.2 Å². The minimum absolute atomic E-state index is 0.0400. The highest BCUT2D eigenvalue weighted by molar-refractivity contribution is 6.51. The van der Waals surface area contributed by atoms with Crippen molar-refractivity contribution in [1.82, 2.24) is 5.32 Å². The van der Waals surface area contributed by atoms with E-state index < -0.39 is 4.33 Å². The first-order valence-electron chi connectivity index (χ1n) is 3.92. The second kappa shape index (κ2) is 2.78. The normalized spacial score (nSPS) is 29.6. The van der Waals surface area contributed by atoms with E-state index in [9.17, 15) is 4.79 Å². The molecule has 1 rings (SSSR count). The van der Waals surface area contributed by atoms with Crippen LogP contribution in [0, 0.1) is 11.3 Å². The molecule has 1 N–H and O–H groups in total. The van der Waals surface area contributed by atoms with Gasteiger partial charge in [0, 0.05) is 24.8 Å². The largest absolute Gasteiger partial charge is 0.356 e. The van der Waals surface area contributed by atoms with Crippen molar-refractivity contribution >= 4 is 29.1 Å². The molecule has 70 valence electrons. The summed E-state index contributed by atoms with van der Waals surface area (Å²) >= 11 is 12.0. The van der Waals surface area contributed by atoms with Gasteiger partial charge in [-0.2, -0.15) is 0 Å². The Labute approximate surface area is 82.6 Å². The van der Waals surface area contributed by atoms with E-state index in [1.165, 1.54) is 6.92 Å². The van der Waals surface area contributed by atoms with Crippen molar-refractivity contribution in [3.05, 3.63) is 0 Å². The van der Waals surface area contributed by atoms with Crippen LogP contribution in [0.4, 0.5) is 0 Å². The predicted molar refractivity (Wildman–Crippen MR) is 50.4 cm³/mol. The van der Waals surface area contributed by atoms with Gasteiger partial charge in [0.1, 0.15) is 4.33 Å². The summed E-state index contributed by atoms with van der Waals surface area (Å²) in [5.74, 6) is 0.124. The Bertz CT molecular complexity index is 199. The molecule has 1 amide bonds. The van der Waals surface area contributed by atoms with Crippen LogP contribution < -0.4 is 5.32 Å². The van der Waals surface area contributed by atoms with E-state index in [0.29, 0.717) is 6.54 Å². The highest BCUT2D eigenvalue weighted by Gasteiger charge is 2.69. The monoisotopic (exact) mass is 209 g/mol. The van der Waals surface area contributed by atoms with Crippen LogP contribution in [0.25, 0.3) is 0 Å². The summed E-state index contributed by atoms with van der Waals surface area (Å²) in [6.45, 7) is 6.05. The number of carbonyl (C=O) groups is 1. The molecule has 2 nitrogen and oxygen atoms in total. The summed E-state index contributed by atoms with van der Waals surface area (Å²) in [5.41, 5.74) is -0.0848. The van der Waals surface area contributed by atoms with Crippen molar-refractivity contribution < 1.29 is 4.79 Å². The van der Waals surface area contributed by atoms with E-state index in [4.69, 9.17) is 23.2 Å². The number of alkyl halides is 2. The molecule has 0 saturated heterocycles. The summed E-state index contributed by atoms with van der Waals surface area (Å²) in [7, 11) is 0. The molecule has 12 heavy (non-hydrogen) atoms. The van der Waals surface area contributed by atoms with Crippen molar-refractivity contribution in [1.29, 1.82) is 0 Å². The van der Waals surface area contributed by atoms with Crippen molar-refractivity contribution in [2.24, 2.45) is 11.3 Å². The van der Waals surface area contributed by atoms with Crippen LogP contribution in [0.2, 0.25) is 0 Å². The van der Waals surface area contributed by atoms with Crippen LogP contribution in [0.3, 0.4) is 0 Å². The molecule has 0 aromatic rings. The predicted octanol–water partition coefficient (Wildman–Crippen LogP) is 1.95. The Hall–Kier alpha value is 0.0500. The van der Waals surface area contributed by atoms with Gasteiger partial charge < -0.3 is 5.32 Å². The number of rotatable bonds is 2. The zero-order chi connectivity index (χ0) is 9.57. The molecule has 0 spiro atoms. The van der Waals surface area contributed by atoms with Crippen LogP contribution in [-0.2, 0) is 4.79 Å².